The quantitative estimate of drug-likeness (QED) is 0.762. The number of amides is 1. The van der Waals surface area contributed by atoms with Crippen LogP contribution in [0.15, 0.2) is 53.0 Å². The number of anilines is 1. The van der Waals surface area contributed by atoms with Gasteiger partial charge < -0.3 is 14.8 Å². The Labute approximate surface area is 149 Å². The van der Waals surface area contributed by atoms with E-state index in [2.05, 4.69) is 21.2 Å². The average Bonchev–Trinajstić information content (AvgIpc) is 2.55. The van der Waals surface area contributed by atoms with Crippen LogP contribution >= 0.6 is 15.9 Å². The molecule has 126 valence electrons. The van der Waals surface area contributed by atoms with Crippen LogP contribution in [0.4, 0.5) is 5.69 Å². The second-order valence-electron chi connectivity index (χ2n) is 5.21. The van der Waals surface area contributed by atoms with Gasteiger partial charge in [-0.15, -0.1) is 0 Å². The summed E-state index contributed by atoms with van der Waals surface area (Å²) < 4.78 is 11.2. The van der Waals surface area contributed by atoms with Gasteiger partial charge in [-0.2, -0.15) is 0 Å². The van der Waals surface area contributed by atoms with Crippen LogP contribution in [-0.2, 0) is 14.3 Å². The normalized spacial score (nSPS) is 11.5. The molecule has 0 heterocycles. The van der Waals surface area contributed by atoms with Gasteiger partial charge in [-0.05, 0) is 59.6 Å². The summed E-state index contributed by atoms with van der Waals surface area (Å²) in [4.78, 5) is 23.8. The Balaban J connectivity index is 1.81. The molecule has 0 saturated carbocycles. The van der Waals surface area contributed by atoms with E-state index in [9.17, 15) is 9.59 Å². The van der Waals surface area contributed by atoms with E-state index in [1.807, 2.05) is 25.1 Å². The molecular formula is C18H18BrNO4. The fourth-order valence-corrected chi connectivity index (χ4v) is 2.52. The van der Waals surface area contributed by atoms with E-state index >= 15 is 0 Å². The van der Waals surface area contributed by atoms with Crippen molar-refractivity contribution in [2.24, 2.45) is 0 Å². The number of ether oxygens (including phenoxy) is 2. The molecule has 0 aliphatic carbocycles. The number of halogens is 1. The zero-order valence-corrected chi connectivity index (χ0v) is 15.0. The van der Waals surface area contributed by atoms with E-state index in [1.54, 1.807) is 30.3 Å². The van der Waals surface area contributed by atoms with E-state index in [-0.39, 0.29) is 6.61 Å². The fraction of sp³-hybridized carbons (Fsp3) is 0.222. The lowest BCUT2D eigenvalue weighted by Crippen LogP contribution is -2.31. The maximum absolute atomic E-state index is 12.0. The molecule has 6 heteroatoms. The molecule has 1 N–H and O–H groups in total. The summed E-state index contributed by atoms with van der Waals surface area (Å²) in [5.74, 6) is -0.469. The van der Waals surface area contributed by atoms with Crippen LogP contribution in [0.5, 0.6) is 5.75 Å². The summed E-state index contributed by atoms with van der Waals surface area (Å²) in [6.45, 7) is 3.19. The lowest BCUT2D eigenvalue weighted by atomic mass is 10.2. The zero-order chi connectivity index (χ0) is 17.5. The number of benzene rings is 2. The Morgan fingerprint density at radius 2 is 1.88 bits per heavy atom. The molecule has 24 heavy (non-hydrogen) atoms. The molecule has 1 amide bonds. The van der Waals surface area contributed by atoms with Crippen molar-refractivity contribution in [1.82, 2.24) is 0 Å². The first-order chi connectivity index (χ1) is 11.5. The molecule has 5 nitrogen and oxygen atoms in total. The highest BCUT2D eigenvalue weighted by atomic mass is 79.9. The molecule has 1 atom stereocenters. The average molecular weight is 392 g/mol. The van der Waals surface area contributed by atoms with Gasteiger partial charge in [-0.1, -0.05) is 24.3 Å². The first-order valence-electron chi connectivity index (χ1n) is 7.40. The van der Waals surface area contributed by atoms with Crippen LogP contribution in [0.3, 0.4) is 0 Å². The standard InChI is InChI=1S/C18H18BrNO4/c1-12-8-9-16(15(19)10-12)23-11-17(21)24-13(2)18(22)20-14-6-4-3-5-7-14/h3-10,13H,11H2,1-2H3,(H,20,22)/t13-/m1/s1. The van der Waals surface area contributed by atoms with Gasteiger partial charge in [0, 0.05) is 5.69 Å². The van der Waals surface area contributed by atoms with Gasteiger partial charge in [-0.25, -0.2) is 4.79 Å². The van der Waals surface area contributed by atoms with E-state index in [0.29, 0.717) is 11.4 Å². The van der Waals surface area contributed by atoms with Crippen molar-refractivity contribution in [3.8, 4) is 5.75 Å². The third-order valence-electron chi connectivity index (χ3n) is 3.15. The first-order valence-corrected chi connectivity index (χ1v) is 8.19. The second-order valence-corrected chi connectivity index (χ2v) is 6.06. The number of carbonyl (C=O) groups is 2. The maximum Gasteiger partial charge on any atom is 0.344 e. The van der Waals surface area contributed by atoms with Gasteiger partial charge in [-0.3, -0.25) is 4.79 Å². The number of aryl methyl sites for hydroxylation is 1. The van der Waals surface area contributed by atoms with E-state index in [0.717, 1.165) is 10.0 Å². The first kappa shape index (κ1) is 18.0. The predicted molar refractivity (Wildman–Crippen MR) is 95.0 cm³/mol. The van der Waals surface area contributed by atoms with Crippen molar-refractivity contribution in [2.75, 3.05) is 11.9 Å². The van der Waals surface area contributed by atoms with Crippen molar-refractivity contribution in [2.45, 2.75) is 20.0 Å². The van der Waals surface area contributed by atoms with Gasteiger partial charge in [0.15, 0.2) is 12.7 Å². The van der Waals surface area contributed by atoms with Crippen LogP contribution in [0.25, 0.3) is 0 Å². The minimum atomic E-state index is -0.914. The third-order valence-corrected chi connectivity index (χ3v) is 3.77. The summed E-state index contributed by atoms with van der Waals surface area (Å²) in [5, 5.41) is 2.67. The molecule has 0 saturated heterocycles. The van der Waals surface area contributed by atoms with Crippen molar-refractivity contribution >= 4 is 33.5 Å². The van der Waals surface area contributed by atoms with Crippen LogP contribution in [0.2, 0.25) is 0 Å². The van der Waals surface area contributed by atoms with Crippen molar-refractivity contribution < 1.29 is 19.1 Å². The largest absolute Gasteiger partial charge is 0.481 e. The highest BCUT2D eigenvalue weighted by Gasteiger charge is 2.18. The van der Waals surface area contributed by atoms with Gasteiger partial charge in [0.1, 0.15) is 5.75 Å². The van der Waals surface area contributed by atoms with Crippen LogP contribution in [-0.4, -0.2) is 24.6 Å². The molecule has 2 aromatic carbocycles. The molecule has 0 aliphatic rings. The summed E-state index contributed by atoms with van der Waals surface area (Å²) in [6, 6.07) is 14.5. The number of carbonyl (C=O) groups excluding carboxylic acids is 2. The summed E-state index contributed by atoms with van der Waals surface area (Å²) in [5.41, 5.74) is 1.72. The number of rotatable bonds is 6. The van der Waals surface area contributed by atoms with Gasteiger partial charge in [0.2, 0.25) is 0 Å². The molecular weight excluding hydrogens is 374 g/mol. The van der Waals surface area contributed by atoms with E-state index in [4.69, 9.17) is 9.47 Å². The highest BCUT2D eigenvalue weighted by molar-refractivity contribution is 9.10. The topological polar surface area (TPSA) is 64.6 Å². The van der Waals surface area contributed by atoms with Gasteiger partial charge in [0.25, 0.3) is 5.91 Å². The maximum atomic E-state index is 12.0. The number of hydrogen-bond donors (Lipinski definition) is 1. The smallest absolute Gasteiger partial charge is 0.344 e. The molecule has 0 spiro atoms. The van der Waals surface area contributed by atoms with Crippen LogP contribution in [0, 0.1) is 6.92 Å². The Morgan fingerprint density at radius 3 is 2.54 bits per heavy atom. The number of para-hydroxylation sites is 1. The summed E-state index contributed by atoms with van der Waals surface area (Å²) >= 11 is 3.37. The minimum absolute atomic E-state index is 0.273. The Hall–Kier alpha value is -2.34. The van der Waals surface area contributed by atoms with Crippen molar-refractivity contribution in [3.05, 3.63) is 58.6 Å². The highest BCUT2D eigenvalue weighted by Crippen LogP contribution is 2.25. The van der Waals surface area contributed by atoms with E-state index < -0.39 is 18.0 Å². The lowest BCUT2D eigenvalue weighted by Gasteiger charge is -2.14. The summed E-state index contributed by atoms with van der Waals surface area (Å²) in [6.07, 6.45) is -0.914. The molecule has 0 aliphatic heterocycles. The predicted octanol–water partition coefficient (Wildman–Crippen LogP) is 3.71. The molecule has 0 fully saturated rings. The number of nitrogens with one attached hydrogen (secondary N) is 1. The van der Waals surface area contributed by atoms with Gasteiger partial charge >= 0.3 is 5.97 Å². The molecule has 2 aromatic rings. The fourth-order valence-electron chi connectivity index (χ4n) is 1.91. The Kier molecular flexibility index (Phi) is 6.37. The van der Waals surface area contributed by atoms with E-state index in [1.165, 1.54) is 6.92 Å². The Morgan fingerprint density at radius 1 is 1.17 bits per heavy atom. The monoisotopic (exact) mass is 391 g/mol. The van der Waals surface area contributed by atoms with Crippen molar-refractivity contribution in [3.63, 3.8) is 0 Å². The third kappa shape index (κ3) is 5.38. The second kappa shape index (κ2) is 8.49. The SMILES string of the molecule is Cc1ccc(OCC(=O)O[C@H](C)C(=O)Nc2ccccc2)c(Br)c1. The molecule has 0 unspecified atom stereocenters. The lowest BCUT2D eigenvalue weighted by molar-refractivity contribution is -0.155. The van der Waals surface area contributed by atoms with Crippen LogP contribution < -0.4 is 10.1 Å². The Bertz CT molecular complexity index is 718. The molecule has 0 radical (unpaired) electrons. The minimum Gasteiger partial charge on any atom is -0.481 e. The molecule has 0 aromatic heterocycles. The molecule has 0 bridgehead atoms. The van der Waals surface area contributed by atoms with Crippen molar-refractivity contribution in [1.29, 1.82) is 0 Å². The number of esters is 1. The molecule has 2 rings (SSSR count). The number of hydrogen-bond acceptors (Lipinski definition) is 4. The van der Waals surface area contributed by atoms with Crippen LogP contribution in [0.1, 0.15) is 12.5 Å². The summed E-state index contributed by atoms with van der Waals surface area (Å²) in [7, 11) is 0. The zero-order valence-electron chi connectivity index (χ0n) is 13.4. The van der Waals surface area contributed by atoms with Gasteiger partial charge in [0.05, 0.1) is 4.47 Å².